The Hall–Kier alpha value is -1.63. The second kappa shape index (κ2) is 9.25. The van der Waals surface area contributed by atoms with Crippen molar-refractivity contribution in [3.05, 3.63) is 67.9 Å². The molecule has 3 rings (SSSR count). The highest BCUT2D eigenvalue weighted by Gasteiger charge is 2.12. The molecule has 0 fully saturated rings. The van der Waals surface area contributed by atoms with Crippen LogP contribution in [0, 0.1) is 13.8 Å². The van der Waals surface area contributed by atoms with Gasteiger partial charge < -0.3 is 4.90 Å². The Morgan fingerprint density at radius 2 is 1.82 bits per heavy atom. The summed E-state index contributed by atoms with van der Waals surface area (Å²) >= 11 is 5.10. The van der Waals surface area contributed by atoms with Crippen LogP contribution >= 0.6 is 27.7 Å². The molecule has 4 nitrogen and oxygen atoms in total. The number of hydrogen-bond donors (Lipinski definition) is 0. The van der Waals surface area contributed by atoms with Crippen molar-refractivity contribution in [2.45, 2.75) is 37.7 Å². The number of hydrogen-bond acceptors (Lipinski definition) is 4. The van der Waals surface area contributed by atoms with E-state index in [1.807, 2.05) is 36.9 Å². The fourth-order valence-electron chi connectivity index (χ4n) is 3.33. The molecule has 0 atom stereocenters. The van der Waals surface area contributed by atoms with E-state index in [1.165, 1.54) is 16.7 Å². The van der Waals surface area contributed by atoms with E-state index in [-0.39, 0.29) is 5.56 Å². The minimum Gasteiger partial charge on any atom is -0.309 e. The predicted molar refractivity (Wildman–Crippen MR) is 122 cm³/mol. The minimum atomic E-state index is 0.0352. The van der Waals surface area contributed by atoms with E-state index in [2.05, 4.69) is 52.9 Å². The molecule has 0 aliphatic carbocycles. The molecule has 0 aliphatic rings. The van der Waals surface area contributed by atoms with Crippen molar-refractivity contribution >= 4 is 38.6 Å². The first-order valence-corrected chi connectivity index (χ1v) is 11.2. The highest BCUT2D eigenvalue weighted by molar-refractivity contribution is 9.10. The zero-order chi connectivity index (χ0) is 20.3. The Bertz CT molecular complexity index is 1030. The lowest BCUT2D eigenvalue weighted by Gasteiger charge is -2.15. The first-order valence-electron chi connectivity index (χ1n) is 9.38. The maximum absolute atomic E-state index is 13.2. The number of aryl methyl sites for hydroxylation is 2. The molecule has 3 aromatic rings. The molecule has 1 heterocycles. The second-order valence-corrected chi connectivity index (χ2v) is 9.31. The van der Waals surface area contributed by atoms with Crippen LogP contribution in [0.2, 0.25) is 0 Å². The molecule has 0 saturated carbocycles. The van der Waals surface area contributed by atoms with Crippen LogP contribution in [0.3, 0.4) is 0 Å². The fraction of sp³-hybridized carbons (Fsp3) is 0.364. The number of benzene rings is 2. The van der Waals surface area contributed by atoms with Gasteiger partial charge in [-0.05, 0) is 64.7 Å². The molecule has 0 N–H and O–H groups in total. The Morgan fingerprint density at radius 1 is 1.11 bits per heavy atom. The highest BCUT2D eigenvalue weighted by atomic mass is 79.9. The van der Waals surface area contributed by atoms with Crippen molar-refractivity contribution in [3.63, 3.8) is 0 Å². The third-order valence-electron chi connectivity index (χ3n) is 4.52. The molecule has 0 unspecified atom stereocenters. The van der Waals surface area contributed by atoms with Gasteiger partial charge in [-0.2, -0.15) is 0 Å². The third kappa shape index (κ3) is 5.25. The van der Waals surface area contributed by atoms with Gasteiger partial charge in [0.15, 0.2) is 5.16 Å². The summed E-state index contributed by atoms with van der Waals surface area (Å²) in [5, 5.41) is 1.45. The van der Waals surface area contributed by atoms with Crippen LogP contribution in [0.15, 0.2) is 50.8 Å². The lowest BCUT2D eigenvalue weighted by Crippen LogP contribution is -2.25. The summed E-state index contributed by atoms with van der Waals surface area (Å²) in [6.07, 6.45) is 0.908. The highest BCUT2D eigenvalue weighted by Crippen LogP contribution is 2.24. The molecule has 0 spiro atoms. The zero-order valence-corrected chi connectivity index (χ0v) is 19.2. The van der Waals surface area contributed by atoms with Gasteiger partial charge in [-0.25, -0.2) is 4.98 Å². The van der Waals surface area contributed by atoms with Gasteiger partial charge in [0.25, 0.3) is 5.56 Å². The first-order chi connectivity index (χ1) is 13.3. The van der Waals surface area contributed by atoms with Crippen LogP contribution in [0.5, 0.6) is 0 Å². The largest absolute Gasteiger partial charge is 0.309 e. The molecule has 0 bridgehead atoms. The van der Waals surface area contributed by atoms with Crippen LogP contribution in [0.25, 0.3) is 10.9 Å². The van der Waals surface area contributed by atoms with Gasteiger partial charge in [0.1, 0.15) is 0 Å². The maximum Gasteiger partial charge on any atom is 0.262 e. The molecule has 0 radical (unpaired) electrons. The standard InChI is InChI=1S/C22H26BrN3OS/c1-15-10-16(2)12-17(11-15)14-28-22-24-20-7-6-18(23)13-19(20)21(27)26(22)9-5-8-25(3)4/h6-7,10-13H,5,8-9,14H2,1-4H3. The average molecular weight is 460 g/mol. The van der Waals surface area contributed by atoms with E-state index < -0.39 is 0 Å². The minimum absolute atomic E-state index is 0.0352. The van der Waals surface area contributed by atoms with E-state index in [0.717, 1.165) is 33.9 Å². The molecule has 1 aromatic heterocycles. The van der Waals surface area contributed by atoms with Crippen LogP contribution in [-0.2, 0) is 12.3 Å². The topological polar surface area (TPSA) is 38.1 Å². The SMILES string of the molecule is Cc1cc(C)cc(CSc2nc3ccc(Br)cc3c(=O)n2CCCN(C)C)c1. The molecule has 0 amide bonds. The smallest absolute Gasteiger partial charge is 0.262 e. The summed E-state index contributed by atoms with van der Waals surface area (Å²) in [5.41, 5.74) is 4.56. The zero-order valence-electron chi connectivity index (χ0n) is 16.8. The lowest BCUT2D eigenvalue weighted by molar-refractivity contribution is 0.379. The van der Waals surface area contributed by atoms with Crippen LogP contribution in [-0.4, -0.2) is 35.1 Å². The van der Waals surface area contributed by atoms with E-state index in [4.69, 9.17) is 4.98 Å². The normalized spacial score (nSPS) is 11.5. The average Bonchev–Trinajstić information content (AvgIpc) is 2.61. The second-order valence-electron chi connectivity index (χ2n) is 7.45. The number of halogens is 1. The molecule has 2 aromatic carbocycles. The van der Waals surface area contributed by atoms with Crippen molar-refractivity contribution in [1.82, 2.24) is 14.5 Å². The van der Waals surface area contributed by atoms with Crippen LogP contribution < -0.4 is 5.56 Å². The third-order valence-corrected chi connectivity index (χ3v) is 6.06. The number of fused-ring (bicyclic) bond motifs is 1. The fourth-order valence-corrected chi connectivity index (χ4v) is 4.64. The van der Waals surface area contributed by atoms with E-state index in [9.17, 15) is 4.79 Å². The van der Waals surface area contributed by atoms with Gasteiger partial charge in [0, 0.05) is 16.8 Å². The molecule has 28 heavy (non-hydrogen) atoms. The number of thioether (sulfide) groups is 1. The number of rotatable bonds is 7. The Kier molecular flexibility index (Phi) is 6.96. The lowest BCUT2D eigenvalue weighted by atomic mass is 10.1. The van der Waals surface area contributed by atoms with Gasteiger partial charge in [0.05, 0.1) is 10.9 Å². The quantitative estimate of drug-likeness (QED) is 0.367. The van der Waals surface area contributed by atoms with Crippen molar-refractivity contribution in [2.24, 2.45) is 0 Å². The Labute approximate surface area is 179 Å². The summed E-state index contributed by atoms with van der Waals surface area (Å²) < 4.78 is 2.74. The molecule has 148 valence electrons. The summed E-state index contributed by atoms with van der Waals surface area (Å²) in [5.74, 6) is 0.796. The first kappa shape index (κ1) is 21.1. The van der Waals surface area contributed by atoms with Gasteiger partial charge in [0.2, 0.25) is 0 Å². The Balaban J connectivity index is 1.95. The Morgan fingerprint density at radius 3 is 2.50 bits per heavy atom. The van der Waals surface area contributed by atoms with E-state index >= 15 is 0 Å². The molecular weight excluding hydrogens is 434 g/mol. The molecular formula is C22H26BrN3OS. The summed E-state index contributed by atoms with van der Waals surface area (Å²) in [7, 11) is 4.10. The van der Waals surface area contributed by atoms with Gasteiger partial charge in [-0.3, -0.25) is 9.36 Å². The molecule has 0 aliphatic heterocycles. The van der Waals surface area contributed by atoms with Crippen LogP contribution in [0.1, 0.15) is 23.1 Å². The molecule has 6 heteroatoms. The van der Waals surface area contributed by atoms with Gasteiger partial charge >= 0.3 is 0 Å². The van der Waals surface area contributed by atoms with Crippen molar-refractivity contribution in [1.29, 1.82) is 0 Å². The van der Waals surface area contributed by atoms with Crippen molar-refractivity contribution < 1.29 is 0 Å². The maximum atomic E-state index is 13.2. The number of nitrogens with zero attached hydrogens (tertiary/aromatic N) is 3. The molecule has 0 saturated heterocycles. The summed E-state index contributed by atoms with van der Waals surface area (Å²) in [6, 6.07) is 12.3. The number of aromatic nitrogens is 2. The van der Waals surface area contributed by atoms with Crippen LogP contribution in [0.4, 0.5) is 0 Å². The van der Waals surface area contributed by atoms with Gasteiger partial charge in [-0.1, -0.05) is 57.0 Å². The van der Waals surface area contributed by atoms with Gasteiger partial charge in [-0.15, -0.1) is 0 Å². The van der Waals surface area contributed by atoms with Crippen molar-refractivity contribution in [3.8, 4) is 0 Å². The predicted octanol–water partition coefficient (Wildman–Crippen LogP) is 5.02. The monoisotopic (exact) mass is 459 g/mol. The van der Waals surface area contributed by atoms with E-state index in [1.54, 1.807) is 11.8 Å². The summed E-state index contributed by atoms with van der Waals surface area (Å²) in [4.78, 5) is 20.1. The van der Waals surface area contributed by atoms with Crippen molar-refractivity contribution in [2.75, 3.05) is 20.6 Å². The van der Waals surface area contributed by atoms with E-state index in [0.29, 0.717) is 11.9 Å². The summed E-state index contributed by atoms with van der Waals surface area (Å²) in [6.45, 7) is 5.83.